The van der Waals surface area contributed by atoms with Gasteiger partial charge >= 0.3 is 12.1 Å². The second kappa shape index (κ2) is 7.56. The van der Waals surface area contributed by atoms with Crippen LogP contribution in [0.1, 0.15) is 38.3 Å². The van der Waals surface area contributed by atoms with Crippen molar-refractivity contribution >= 4 is 34.4 Å². The number of nitrogens with one attached hydrogen (secondary N) is 1. The number of ether oxygens (including phenoxy) is 2. The summed E-state index contributed by atoms with van der Waals surface area (Å²) in [5.41, 5.74) is 3.25. The summed E-state index contributed by atoms with van der Waals surface area (Å²) in [5.74, 6) is -0.311. The first kappa shape index (κ1) is 21.4. The summed E-state index contributed by atoms with van der Waals surface area (Å²) >= 11 is 0. The Labute approximate surface area is 192 Å². The number of para-hydroxylation sites is 2. The van der Waals surface area contributed by atoms with E-state index in [0.717, 1.165) is 33.4 Å². The number of hydrogen-bond acceptors (Lipinski definition) is 6. The molecule has 170 valence electrons. The predicted octanol–water partition coefficient (Wildman–Crippen LogP) is 4.33. The van der Waals surface area contributed by atoms with Gasteiger partial charge in [-0.05, 0) is 50.5 Å². The van der Waals surface area contributed by atoms with Crippen LogP contribution in [-0.2, 0) is 19.7 Å². The molecule has 1 saturated heterocycles. The first-order valence-electron chi connectivity index (χ1n) is 11.1. The molecule has 0 saturated carbocycles. The lowest BCUT2D eigenvalue weighted by Crippen LogP contribution is -2.55. The van der Waals surface area contributed by atoms with Gasteiger partial charge in [0.1, 0.15) is 11.6 Å². The summed E-state index contributed by atoms with van der Waals surface area (Å²) in [6, 6.07) is 15.3. The molecule has 3 heterocycles. The zero-order valence-corrected chi connectivity index (χ0v) is 19.2. The number of esters is 1. The van der Waals surface area contributed by atoms with Gasteiger partial charge in [-0.3, -0.25) is 19.7 Å². The zero-order chi connectivity index (χ0) is 23.4. The van der Waals surface area contributed by atoms with E-state index in [1.807, 2.05) is 69.4 Å². The Morgan fingerprint density at radius 1 is 1.09 bits per heavy atom. The Kier molecular flexibility index (Phi) is 4.90. The molecule has 0 aliphatic carbocycles. The van der Waals surface area contributed by atoms with Crippen molar-refractivity contribution in [3.8, 4) is 0 Å². The minimum absolute atomic E-state index is 0.311. The molecule has 0 bridgehead atoms. The van der Waals surface area contributed by atoms with Crippen molar-refractivity contribution in [1.82, 2.24) is 9.88 Å². The Bertz CT molecular complexity index is 1300. The van der Waals surface area contributed by atoms with Gasteiger partial charge in [0.05, 0.1) is 23.7 Å². The molecule has 2 atom stereocenters. The van der Waals surface area contributed by atoms with Gasteiger partial charge < -0.3 is 9.47 Å². The molecule has 0 unspecified atom stereocenters. The van der Waals surface area contributed by atoms with E-state index in [2.05, 4.69) is 11.4 Å². The third-order valence-electron chi connectivity index (χ3n) is 6.39. The maximum Gasteiger partial charge on any atom is 0.419 e. The van der Waals surface area contributed by atoms with Crippen LogP contribution in [0.25, 0.3) is 10.9 Å². The predicted molar refractivity (Wildman–Crippen MR) is 126 cm³/mol. The molecule has 33 heavy (non-hydrogen) atoms. The minimum atomic E-state index is -0.659. The summed E-state index contributed by atoms with van der Waals surface area (Å²) in [6.07, 6.45) is 1.86. The zero-order valence-electron chi connectivity index (χ0n) is 19.2. The number of carbonyl (C=O) groups excluding carboxylic acids is 2. The fraction of sp³-hybridized carbons (Fsp3) is 0.346. The van der Waals surface area contributed by atoms with Crippen molar-refractivity contribution in [2.24, 2.45) is 4.99 Å². The lowest BCUT2D eigenvalue weighted by Gasteiger charge is -2.39. The molecule has 1 N–H and O–H groups in total. The van der Waals surface area contributed by atoms with Crippen LogP contribution in [0.3, 0.4) is 0 Å². The van der Waals surface area contributed by atoms with Crippen LogP contribution in [0.4, 0.5) is 10.5 Å². The molecule has 7 heteroatoms. The number of fused-ring (bicyclic) bond motifs is 4. The van der Waals surface area contributed by atoms with Crippen molar-refractivity contribution in [3.63, 3.8) is 0 Å². The smallest absolute Gasteiger partial charge is 0.419 e. The van der Waals surface area contributed by atoms with Gasteiger partial charge in [0.2, 0.25) is 0 Å². The van der Waals surface area contributed by atoms with E-state index >= 15 is 0 Å². The highest BCUT2D eigenvalue weighted by molar-refractivity contribution is 6.10. The van der Waals surface area contributed by atoms with Crippen LogP contribution >= 0.6 is 0 Å². The van der Waals surface area contributed by atoms with E-state index in [1.54, 1.807) is 4.57 Å². The maximum absolute atomic E-state index is 13.1. The third kappa shape index (κ3) is 3.35. The van der Waals surface area contributed by atoms with Crippen LogP contribution in [-0.4, -0.2) is 47.6 Å². The van der Waals surface area contributed by atoms with Crippen molar-refractivity contribution in [3.05, 3.63) is 65.9 Å². The highest BCUT2D eigenvalue weighted by atomic mass is 16.6. The molecule has 5 rings (SSSR count). The first-order chi connectivity index (χ1) is 15.7. The quantitative estimate of drug-likeness (QED) is 0.594. The largest absolute Gasteiger partial charge is 0.468 e. The van der Waals surface area contributed by atoms with Crippen molar-refractivity contribution in [2.75, 3.05) is 13.7 Å². The van der Waals surface area contributed by atoms with Crippen LogP contribution in [0.2, 0.25) is 0 Å². The highest BCUT2D eigenvalue weighted by Crippen LogP contribution is 2.51. The van der Waals surface area contributed by atoms with Crippen molar-refractivity contribution in [1.29, 1.82) is 0 Å². The summed E-state index contributed by atoms with van der Waals surface area (Å²) in [5, 5.41) is 4.20. The summed E-state index contributed by atoms with van der Waals surface area (Å²) < 4.78 is 12.3. The Hall–Kier alpha value is -3.45. The molecule has 7 nitrogen and oxygen atoms in total. The second-order valence-electron chi connectivity index (χ2n) is 9.55. The number of nitrogens with zero attached hydrogens (tertiary/aromatic N) is 2. The van der Waals surface area contributed by atoms with Crippen LogP contribution in [0, 0.1) is 0 Å². The molecule has 2 aromatic carbocycles. The first-order valence-corrected chi connectivity index (χ1v) is 11.1. The normalized spacial score (nSPS) is 21.8. The fourth-order valence-corrected chi connectivity index (χ4v) is 5.05. The molecule has 3 aromatic rings. The number of aromatic nitrogens is 1. The molecule has 2 aliphatic rings. The number of rotatable bonds is 2. The van der Waals surface area contributed by atoms with Gasteiger partial charge in [0, 0.05) is 23.8 Å². The number of hydrogen-bond donors (Lipinski definition) is 1. The van der Waals surface area contributed by atoms with Crippen molar-refractivity contribution < 1.29 is 19.1 Å². The Morgan fingerprint density at radius 3 is 2.58 bits per heavy atom. The topological polar surface area (TPSA) is 81.9 Å². The summed E-state index contributed by atoms with van der Waals surface area (Å²) in [4.78, 5) is 30.7. The van der Waals surface area contributed by atoms with Gasteiger partial charge in [-0.1, -0.05) is 36.4 Å². The standard InChI is InChI=1S/C26H27N3O4/c1-25(2,3)33-24(31)29-15-18(16-9-5-8-12-21(16)29)26-13-20(23(30)32-4)27-14-22(26)28-19-11-7-6-10-17(19)26/h5-12,15,20,27H,13-14H2,1-4H3/t20-,26+/m0/s1. The van der Waals surface area contributed by atoms with Gasteiger partial charge in [-0.2, -0.15) is 0 Å². The lowest BCUT2D eigenvalue weighted by atomic mass is 9.66. The fourth-order valence-electron chi connectivity index (χ4n) is 5.05. The number of aliphatic imine (C=N–C) groups is 1. The van der Waals surface area contributed by atoms with E-state index in [9.17, 15) is 9.59 Å². The van der Waals surface area contributed by atoms with Gasteiger partial charge in [-0.15, -0.1) is 0 Å². The van der Waals surface area contributed by atoms with Gasteiger partial charge in [0.25, 0.3) is 0 Å². The Morgan fingerprint density at radius 2 is 1.82 bits per heavy atom. The number of carbonyl (C=O) groups is 2. The lowest BCUT2D eigenvalue weighted by molar-refractivity contribution is -0.143. The minimum Gasteiger partial charge on any atom is -0.468 e. The van der Waals surface area contributed by atoms with Crippen LogP contribution in [0.5, 0.6) is 0 Å². The van der Waals surface area contributed by atoms with Crippen LogP contribution < -0.4 is 5.32 Å². The Balaban J connectivity index is 1.75. The molecular weight excluding hydrogens is 418 g/mol. The van der Waals surface area contributed by atoms with Crippen molar-refractivity contribution in [2.45, 2.75) is 44.2 Å². The van der Waals surface area contributed by atoms with Crippen LogP contribution in [0.15, 0.2) is 59.7 Å². The highest BCUT2D eigenvalue weighted by Gasteiger charge is 2.51. The van der Waals surface area contributed by atoms with E-state index < -0.39 is 23.2 Å². The van der Waals surface area contributed by atoms with E-state index in [0.29, 0.717) is 13.0 Å². The third-order valence-corrected chi connectivity index (χ3v) is 6.39. The maximum atomic E-state index is 13.1. The summed E-state index contributed by atoms with van der Waals surface area (Å²) in [7, 11) is 1.40. The molecule has 0 spiro atoms. The number of methoxy groups -OCH3 is 1. The average Bonchev–Trinajstić information content (AvgIpc) is 3.34. The van der Waals surface area contributed by atoms with E-state index in [1.165, 1.54) is 7.11 Å². The second-order valence-corrected chi connectivity index (χ2v) is 9.55. The van der Waals surface area contributed by atoms with E-state index in [4.69, 9.17) is 14.5 Å². The number of piperidine rings is 1. The average molecular weight is 446 g/mol. The molecular formula is C26H27N3O4. The summed E-state index contributed by atoms with van der Waals surface area (Å²) in [6.45, 7) is 5.99. The van der Waals surface area contributed by atoms with E-state index in [-0.39, 0.29) is 5.97 Å². The number of benzene rings is 2. The SMILES string of the molecule is COC(=O)[C@@H]1C[C@@]2(c3cn(C(=O)OC(C)(C)C)c4ccccc34)C(=Nc3ccccc32)CN1. The van der Waals surface area contributed by atoms with Gasteiger partial charge in [-0.25, -0.2) is 4.79 Å². The molecule has 2 aliphatic heterocycles. The molecule has 1 aromatic heterocycles. The van der Waals surface area contributed by atoms with Gasteiger partial charge in [0.15, 0.2) is 0 Å². The molecule has 0 radical (unpaired) electrons. The monoisotopic (exact) mass is 445 g/mol. The molecule has 1 fully saturated rings. The molecule has 0 amide bonds.